The lowest BCUT2D eigenvalue weighted by molar-refractivity contribution is 0.261. The number of hydrogen-bond donors (Lipinski definition) is 1. The maximum atomic E-state index is 9.16. The average Bonchev–Trinajstić information content (AvgIpc) is 3.05. The van der Waals surface area contributed by atoms with Crippen molar-refractivity contribution in [3.05, 3.63) is 107 Å². The van der Waals surface area contributed by atoms with E-state index in [4.69, 9.17) is 61.0 Å². The zero-order valence-electron chi connectivity index (χ0n) is 27.5. The van der Waals surface area contributed by atoms with Gasteiger partial charge in [-0.15, -0.1) is 11.6 Å². The number of phenolic OH excluding ortho intramolecular Hbond substituents is 1. The van der Waals surface area contributed by atoms with Crippen LogP contribution < -0.4 is 9.47 Å². The summed E-state index contributed by atoms with van der Waals surface area (Å²) in [6.45, 7) is 2.55. The molecule has 0 saturated carbocycles. The molecular weight excluding hydrogens is 692 g/mol. The lowest BCUT2D eigenvalue weighted by Crippen LogP contribution is -2.19. The van der Waals surface area contributed by atoms with Crippen LogP contribution >= 0.6 is 46.4 Å². The molecular formula is C36H39Cl4N5O3. The van der Waals surface area contributed by atoms with Gasteiger partial charge in [0.1, 0.15) is 39.3 Å². The highest BCUT2D eigenvalue weighted by Gasteiger charge is 2.03. The molecule has 0 aliphatic rings. The minimum absolute atomic E-state index is 0.241. The third kappa shape index (κ3) is 12.4. The maximum Gasteiger partial charge on any atom is 0.136 e. The molecule has 6 aromatic rings. The minimum atomic E-state index is 0.241. The van der Waals surface area contributed by atoms with Crippen LogP contribution in [-0.4, -0.2) is 90.7 Å². The van der Waals surface area contributed by atoms with Crippen LogP contribution in [-0.2, 0) is 0 Å². The highest BCUT2D eigenvalue weighted by molar-refractivity contribution is 6.35. The van der Waals surface area contributed by atoms with E-state index < -0.39 is 0 Å². The summed E-state index contributed by atoms with van der Waals surface area (Å²) < 4.78 is 10.8. The number of pyridine rings is 3. The second-order valence-corrected chi connectivity index (χ2v) is 12.3. The smallest absolute Gasteiger partial charge is 0.136 e. The van der Waals surface area contributed by atoms with Gasteiger partial charge in [-0.2, -0.15) is 0 Å². The number of phenols is 1. The summed E-state index contributed by atoms with van der Waals surface area (Å²) in [4.78, 5) is 16.1. The molecule has 0 spiro atoms. The lowest BCUT2D eigenvalue weighted by Gasteiger charge is -2.11. The summed E-state index contributed by atoms with van der Waals surface area (Å²) >= 11 is 23.1. The average molecular weight is 732 g/mol. The molecule has 254 valence electrons. The molecule has 6 rings (SSSR count). The van der Waals surface area contributed by atoms with Gasteiger partial charge in [0.25, 0.3) is 0 Å². The van der Waals surface area contributed by atoms with Crippen molar-refractivity contribution in [2.24, 2.45) is 0 Å². The number of hydrogen-bond acceptors (Lipinski definition) is 8. The summed E-state index contributed by atoms with van der Waals surface area (Å²) in [5, 5.41) is 16.4. The van der Waals surface area contributed by atoms with Gasteiger partial charge < -0.3 is 24.4 Å². The van der Waals surface area contributed by atoms with Gasteiger partial charge >= 0.3 is 0 Å². The summed E-state index contributed by atoms with van der Waals surface area (Å²) in [6.07, 6.45) is 5.00. The molecule has 1 N–H and O–H groups in total. The predicted octanol–water partition coefficient (Wildman–Crippen LogP) is 9.11. The number of aromatic nitrogens is 3. The molecule has 0 saturated heterocycles. The molecule has 0 fully saturated rings. The molecule has 0 radical (unpaired) electrons. The van der Waals surface area contributed by atoms with Gasteiger partial charge in [0.05, 0.1) is 7.11 Å². The van der Waals surface area contributed by atoms with Crippen LogP contribution in [0, 0.1) is 0 Å². The molecule has 3 aromatic carbocycles. The monoisotopic (exact) mass is 729 g/mol. The fourth-order valence-electron chi connectivity index (χ4n) is 4.10. The molecule has 0 amide bonds. The lowest BCUT2D eigenvalue weighted by atomic mass is 10.2. The fraction of sp³-hybridized carbons (Fsp3) is 0.250. The Morgan fingerprint density at radius 2 is 1.04 bits per heavy atom. The van der Waals surface area contributed by atoms with E-state index in [-0.39, 0.29) is 5.75 Å². The van der Waals surface area contributed by atoms with Crippen LogP contribution in [0.3, 0.4) is 0 Å². The van der Waals surface area contributed by atoms with E-state index >= 15 is 0 Å². The van der Waals surface area contributed by atoms with Gasteiger partial charge in [-0.3, -0.25) is 0 Å². The number of ether oxygens (including phenoxy) is 2. The number of alkyl halides is 1. The number of benzene rings is 3. The van der Waals surface area contributed by atoms with Gasteiger partial charge in [-0.05, 0) is 117 Å². The molecule has 8 nitrogen and oxygen atoms in total. The number of rotatable bonds is 7. The largest absolute Gasteiger partial charge is 0.508 e. The van der Waals surface area contributed by atoms with Gasteiger partial charge in [-0.1, -0.05) is 34.8 Å². The second kappa shape index (κ2) is 20.0. The van der Waals surface area contributed by atoms with Crippen LogP contribution in [0.15, 0.2) is 91.4 Å². The van der Waals surface area contributed by atoms with E-state index in [2.05, 4.69) is 19.9 Å². The first-order valence-electron chi connectivity index (χ1n) is 14.9. The van der Waals surface area contributed by atoms with Crippen molar-refractivity contribution in [3.8, 4) is 17.2 Å². The number of fused-ring (bicyclic) bond motifs is 3. The quantitative estimate of drug-likeness (QED) is 0.129. The SMILES string of the molecule is CN(C)CCCl.CN(C)CCOc1ccc2c(Cl)nccc2c1.COc1ccc2c(Cl)nccc2c1.Oc1ccc2c(Cl)nccc2c1. The van der Waals surface area contributed by atoms with Crippen molar-refractivity contribution in [2.45, 2.75) is 0 Å². The summed E-state index contributed by atoms with van der Waals surface area (Å²) in [6, 6.07) is 22.2. The Hall–Kier alpha value is -3.63. The normalized spacial score (nSPS) is 10.6. The van der Waals surface area contributed by atoms with Gasteiger partial charge in [-0.25, -0.2) is 15.0 Å². The number of likely N-dealkylation sites (N-methyl/N-ethyl adjacent to an activating group) is 1. The van der Waals surface area contributed by atoms with Crippen LogP contribution in [0.25, 0.3) is 32.3 Å². The summed E-state index contributed by atoms with van der Waals surface area (Å²) in [5.74, 6) is 2.66. The first-order chi connectivity index (χ1) is 23.0. The third-order valence-electron chi connectivity index (χ3n) is 6.65. The summed E-state index contributed by atoms with van der Waals surface area (Å²) in [5.41, 5.74) is 0. The molecule has 0 bridgehead atoms. The van der Waals surface area contributed by atoms with Crippen LogP contribution in [0.2, 0.25) is 15.5 Å². The molecule has 3 aromatic heterocycles. The van der Waals surface area contributed by atoms with Gasteiger partial charge in [0.2, 0.25) is 0 Å². The van der Waals surface area contributed by atoms with Crippen LogP contribution in [0.5, 0.6) is 17.2 Å². The van der Waals surface area contributed by atoms with Gasteiger partial charge in [0.15, 0.2) is 0 Å². The Morgan fingerprint density at radius 3 is 1.48 bits per heavy atom. The van der Waals surface area contributed by atoms with E-state index in [1.807, 2.05) is 81.6 Å². The summed E-state index contributed by atoms with van der Waals surface area (Å²) in [7, 11) is 9.69. The zero-order chi connectivity index (χ0) is 35.1. The fourth-order valence-corrected chi connectivity index (χ4v) is 5.12. The van der Waals surface area contributed by atoms with Crippen molar-refractivity contribution in [2.75, 3.05) is 60.9 Å². The Morgan fingerprint density at radius 1 is 0.604 bits per heavy atom. The Bertz CT molecular complexity index is 1890. The maximum absolute atomic E-state index is 9.16. The van der Waals surface area contributed by atoms with E-state index in [0.717, 1.165) is 62.8 Å². The van der Waals surface area contributed by atoms with Crippen molar-refractivity contribution in [1.82, 2.24) is 24.8 Å². The van der Waals surface area contributed by atoms with E-state index in [9.17, 15) is 0 Å². The van der Waals surface area contributed by atoms with E-state index in [1.165, 1.54) is 0 Å². The zero-order valence-corrected chi connectivity index (χ0v) is 30.5. The van der Waals surface area contributed by atoms with Crippen LogP contribution in [0.1, 0.15) is 0 Å². The topological polar surface area (TPSA) is 83.8 Å². The number of methoxy groups -OCH3 is 1. The molecule has 0 aliphatic heterocycles. The number of aromatic hydroxyl groups is 1. The molecule has 0 atom stereocenters. The Balaban J connectivity index is 0.000000183. The van der Waals surface area contributed by atoms with E-state index in [1.54, 1.807) is 50.0 Å². The predicted molar refractivity (Wildman–Crippen MR) is 202 cm³/mol. The standard InChI is InChI=1S/C13H15ClN2O.C10H8ClNO.C9H6ClNO.C4H10ClN/c1-16(2)7-8-17-11-3-4-12-10(9-11)5-6-15-13(12)14;1-13-8-2-3-9-7(6-8)4-5-12-10(9)11;10-9-8-2-1-7(12)5-6(8)3-4-11-9;1-6(2)4-3-5/h3-6,9H,7-8H2,1-2H3;2-6H,1H3;1-5,12H;3-4H2,1-2H3. The van der Waals surface area contributed by atoms with Crippen LogP contribution in [0.4, 0.5) is 0 Å². The van der Waals surface area contributed by atoms with E-state index in [0.29, 0.717) is 22.1 Å². The molecule has 12 heteroatoms. The van der Waals surface area contributed by atoms with Crippen molar-refractivity contribution in [3.63, 3.8) is 0 Å². The van der Waals surface area contributed by atoms with Crippen molar-refractivity contribution in [1.29, 1.82) is 0 Å². The molecule has 0 unspecified atom stereocenters. The number of halogens is 4. The number of nitrogens with zero attached hydrogens (tertiary/aromatic N) is 5. The second-order valence-electron chi connectivity index (χ2n) is 10.8. The molecule has 3 heterocycles. The van der Waals surface area contributed by atoms with Crippen molar-refractivity contribution < 1.29 is 14.6 Å². The third-order valence-corrected chi connectivity index (χ3v) is 7.72. The van der Waals surface area contributed by atoms with Gasteiger partial charge in [0, 0.05) is 53.7 Å². The first-order valence-corrected chi connectivity index (χ1v) is 16.5. The minimum Gasteiger partial charge on any atom is -0.508 e. The molecule has 48 heavy (non-hydrogen) atoms. The van der Waals surface area contributed by atoms with Crippen molar-refractivity contribution >= 4 is 78.7 Å². The Labute approximate surface area is 301 Å². The Kier molecular flexibility index (Phi) is 16.2. The first kappa shape index (κ1) is 38.8. The highest BCUT2D eigenvalue weighted by atomic mass is 35.5. The molecule has 0 aliphatic carbocycles. The highest BCUT2D eigenvalue weighted by Crippen LogP contribution is 2.26.